The van der Waals surface area contributed by atoms with Gasteiger partial charge in [-0.15, -0.1) is 0 Å². The molecule has 1 aromatic heterocycles. The molecule has 0 saturated carbocycles. The lowest BCUT2D eigenvalue weighted by molar-refractivity contribution is 0.248. The predicted molar refractivity (Wildman–Crippen MR) is 66.7 cm³/mol. The number of nitrogens with zero attached hydrogens (tertiary/aromatic N) is 2. The first kappa shape index (κ1) is 11.5. The highest BCUT2D eigenvalue weighted by atomic mass is 35.5. The molecule has 0 aliphatic rings. The van der Waals surface area contributed by atoms with Crippen molar-refractivity contribution in [2.24, 2.45) is 5.73 Å². The number of nitrogen functional groups attached to an aromatic ring is 1. The van der Waals surface area contributed by atoms with Crippen LogP contribution >= 0.6 is 11.6 Å². The maximum atomic E-state index is 10.6. The van der Waals surface area contributed by atoms with Gasteiger partial charge in [0.25, 0.3) is 0 Å². The Morgan fingerprint density at radius 2 is 2.29 bits per heavy atom. The number of halogens is 1. The Kier molecular flexibility index (Phi) is 3.06. The van der Waals surface area contributed by atoms with Gasteiger partial charge < -0.3 is 21.4 Å². The minimum atomic E-state index is -0.564. The standard InChI is InChI=1S/C10H12ClN5O/c11-6-1-2-7-8(5-6)16(9(12)15-7)4-3-14-10(13)17/h1-2,5H,3-4H2,(H2,12,15)(H3,13,14,17). The van der Waals surface area contributed by atoms with Gasteiger partial charge in [0.15, 0.2) is 0 Å². The van der Waals surface area contributed by atoms with Crippen molar-refractivity contribution in [3.05, 3.63) is 23.2 Å². The number of benzene rings is 1. The number of amides is 2. The van der Waals surface area contributed by atoms with Crippen molar-refractivity contribution in [3.8, 4) is 0 Å². The summed E-state index contributed by atoms with van der Waals surface area (Å²) in [5.41, 5.74) is 12.4. The van der Waals surface area contributed by atoms with Gasteiger partial charge >= 0.3 is 6.03 Å². The molecule has 2 amide bonds. The summed E-state index contributed by atoms with van der Waals surface area (Å²) in [7, 11) is 0. The molecule has 7 heteroatoms. The Morgan fingerprint density at radius 1 is 1.53 bits per heavy atom. The van der Waals surface area contributed by atoms with E-state index in [4.69, 9.17) is 23.1 Å². The fourth-order valence-electron chi connectivity index (χ4n) is 1.64. The van der Waals surface area contributed by atoms with E-state index in [1.807, 2.05) is 0 Å². The molecule has 0 fully saturated rings. The molecular weight excluding hydrogens is 242 g/mol. The van der Waals surface area contributed by atoms with E-state index in [-0.39, 0.29) is 0 Å². The number of nitrogens with two attached hydrogens (primary N) is 2. The van der Waals surface area contributed by atoms with E-state index in [9.17, 15) is 4.79 Å². The van der Waals surface area contributed by atoms with E-state index in [1.165, 1.54) is 0 Å². The number of aromatic nitrogens is 2. The molecule has 0 bridgehead atoms. The molecule has 5 N–H and O–H groups in total. The van der Waals surface area contributed by atoms with E-state index < -0.39 is 6.03 Å². The summed E-state index contributed by atoms with van der Waals surface area (Å²) < 4.78 is 1.77. The highest BCUT2D eigenvalue weighted by molar-refractivity contribution is 6.31. The van der Waals surface area contributed by atoms with E-state index in [0.29, 0.717) is 24.1 Å². The molecule has 0 spiro atoms. The van der Waals surface area contributed by atoms with Crippen LogP contribution in [0, 0.1) is 0 Å². The topological polar surface area (TPSA) is 99.0 Å². The van der Waals surface area contributed by atoms with Gasteiger partial charge in [-0.3, -0.25) is 0 Å². The zero-order chi connectivity index (χ0) is 12.4. The third kappa shape index (κ3) is 2.42. The number of urea groups is 1. The van der Waals surface area contributed by atoms with Gasteiger partial charge in [0.05, 0.1) is 11.0 Å². The Balaban J connectivity index is 2.28. The van der Waals surface area contributed by atoms with Crippen LogP contribution in [-0.4, -0.2) is 22.1 Å². The number of primary amides is 1. The summed E-state index contributed by atoms with van der Waals surface area (Å²) in [6.07, 6.45) is 0. The van der Waals surface area contributed by atoms with E-state index >= 15 is 0 Å². The third-order valence-electron chi connectivity index (χ3n) is 2.37. The first-order chi connectivity index (χ1) is 8.08. The zero-order valence-corrected chi connectivity index (χ0v) is 9.74. The van der Waals surface area contributed by atoms with Crippen molar-refractivity contribution in [2.45, 2.75) is 6.54 Å². The first-order valence-electron chi connectivity index (χ1n) is 5.02. The summed E-state index contributed by atoms with van der Waals surface area (Å²) in [5.74, 6) is 0.383. The number of carbonyl (C=O) groups is 1. The van der Waals surface area contributed by atoms with Crippen molar-refractivity contribution >= 4 is 34.6 Å². The number of fused-ring (bicyclic) bond motifs is 1. The minimum Gasteiger partial charge on any atom is -0.369 e. The van der Waals surface area contributed by atoms with Gasteiger partial charge in [-0.05, 0) is 18.2 Å². The van der Waals surface area contributed by atoms with Crippen molar-refractivity contribution in [1.82, 2.24) is 14.9 Å². The molecule has 0 unspecified atom stereocenters. The van der Waals surface area contributed by atoms with Crippen molar-refractivity contribution in [2.75, 3.05) is 12.3 Å². The second-order valence-electron chi connectivity index (χ2n) is 3.55. The summed E-state index contributed by atoms with van der Waals surface area (Å²) in [5, 5.41) is 3.10. The Labute approximate surface area is 103 Å². The summed E-state index contributed by atoms with van der Waals surface area (Å²) in [6.45, 7) is 0.878. The Hall–Kier alpha value is -1.95. The van der Waals surface area contributed by atoms with Crippen molar-refractivity contribution < 1.29 is 4.79 Å². The number of carbonyl (C=O) groups excluding carboxylic acids is 1. The molecule has 1 heterocycles. The highest BCUT2D eigenvalue weighted by Gasteiger charge is 2.08. The molecule has 0 aliphatic carbocycles. The molecule has 17 heavy (non-hydrogen) atoms. The van der Waals surface area contributed by atoms with Crippen LogP contribution in [-0.2, 0) is 6.54 Å². The average molecular weight is 254 g/mol. The Bertz CT molecular complexity index is 565. The van der Waals surface area contributed by atoms with Gasteiger partial charge in [-0.2, -0.15) is 0 Å². The summed E-state index contributed by atoms with van der Waals surface area (Å²) in [4.78, 5) is 14.8. The quantitative estimate of drug-likeness (QED) is 0.759. The number of anilines is 1. The van der Waals surface area contributed by atoms with Crippen LogP contribution in [0.25, 0.3) is 11.0 Å². The second-order valence-corrected chi connectivity index (χ2v) is 3.98. The monoisotopic (exact) mass is 253 g/mol. The summed E-state index contributed by atoms with van der Waals surface area (Å²) in [6, 6.07) is 4.77. The predicted octanol–water partition coefficient (Wildman–Crippen LogP) is 0.940. The van der Waals surface area contributed by atoms with Crippen LogP contribution in [0.3, 0.4) is 0 Å². The highest BCUT2D eigenvalue weighted by Crippen LogP contribution is 2.21. The van der Waals surface area contributed by atoms with Crippen LogP contribution in [0.2, 0.25) is 5.02 Å². The molecule has 0 atom stereocenters. The van der Waals surface area contributed by atoms with E-state index in [2.05, 4.69) is 10.3 Å². The number of hydrogen-bond acceptors (Lipinski definition) is 3. The molecule has 0 saturated heterocycles. The number of imidazole rings is 1. The molecule has 2 rings (SSSR count). The van der Waals surface area contributed by atoms with Crippen LogP contribution in [0.15, 0.2) is 18.2 Å². The first-order valence-corrected chi connectivity index (χ1v) is 5.40. The maximum Gasteiger partial charge on any atom is 0.312 e. The minimum absolute atomic E-state index is 0.383. The van der Waals surface area contributed by atoms with E-state index in [1.54, 1.807) is 22.8 Å². The van der Waals surface area contributed by atoms with Gasteiger partial charge in [0.1, 0.15) is 0 Å². The lowest BCUT2D eigenvalue weighted by atomic mass is 10.3. The van der Waals surface area contributed by atoms with Crippen LogP contribution < -0.4 is 16.8 Å². The smallest absolute Gasteiger partial charge is 0.312 e. The third-order valence-corrected chi connectivity index (χ3v) is 2.61. The molecule has 0 radical (unpaired) electrons. The number of rotatable bonds is 3. The molecule has 0 aliphatic heterocycles. The van der Waals surface area contributed by atoms with Gasteiger partial charge in [-0.25, -0.2) is 9.78 Å². The molecule has 1 aromatic carbocycles. The molecular formula is C10H12ClN5O. The Morgan fingerprint density at radius 3 is 3.00 bits per heavy atom. The second kappa shape index (κ2) is 4.50. The van der Waals surface area contributed by atoms with Crippen molar-refractivity contribution in [3.63, 3.8) is 0 Å². The average Bonchev–Trinajstić information content (AvgIpc) is 2.55. The fraction of sp³-hybridized carbons (Fsp3) is 0.200. The largest absolute Gasteiger partial charge is 0.369 e. The number of hydrogen-bond donors (Lipinski definition) is 3. The van der Waals surface area contributed by atoms with Crippen LogP contribution in [0.4, 0.5) is 10.7 Å². The van der Waals surface area contributed by atoms with Crippen molar-refractivity contribution in [1.29, 1.82) is 0 Å². The maximum absolute atomic E-state index is 10.6. The molecule has 90 valence electrons. The van der Waals surface area contributed by atoms with Gasteiger partial charge in [-0.1, -0.05) is 11.6 Å². The molecule has 2 aromatic rings. The molecule has 6 nitrogen and oxygen atoms in total. The lowest BCUT2D eigenvalue weighted by Gasteiger charge is -2.06. The fourth-order valence-corrected chi connectivity index (χ4v) is 1.81. The SMILES string of the molecule is NC(=O)NCCn1c(N)nc2ccc(Cl)cc21. The van der Waals surface area contributed by atoms with Crippen LogP contribution in [0.1, 0.15) is 0 Å². The van der Waals surface area contributed by atoms with E-state index in [0.717, 1.165) is 11.0 Å². The number of nitrogens with one attached hydrogen (secondary N) is 1. The summed E-state index contributed by atoms with van der Waals surface area (Å²) >= 11 is 5.91. The lowest BCUT2D eigenvalue weighted by Crippen LogP contribution is -2.32. The van der Waals surface area contributed by atoms with Gasteiger partial charge in [0, 0.05) is 18.1 Å². The van der Waals surface area contributed by atoms with Crippen LogP contribution in [0.5, 0.6) is 0 Å². The normalized spacial score (nSPS) is 10.6. The van der Waals surface area contributed by atoms with Gasteiger partial charge in [0.2, 0.25) is 5.95 Å². The zero-order valence-electron chi connectivity index (χ0n) is 8.98.